The second-order valence-electron chi connectivity index (χ2n) is 14.1. The lowest BCUT2D eigenvalue weighted by Gasteiger charge is -2.33. The van der Waals surface area contributed by atoms with E-state index in [-0.39, 0.29) is 76.6 Å². The zero-order valence-electron chi connectivity index (χ0n) is 32.7. The number of benzene rings is 2. The SMILES string of the molecule is [2H]N1CCC[C@@]1(C(=O)CNC(=O)[C@H](CC(C)C)NC(=O)[C@]1(N=Nc2ccccc2)CCCN1C(=O)OCc1ccccc1)C(=O)N[C@@H](CCCN=C(N)N)C(=O)O. The molecular formula is C38H52N10O8. The number of carboxylic acid groups (broad SMARTS) is 1. The zero-order valence-corrected chi connectivity index (χ0v) is 31.7. The smallest absolute Gasteiger partial charge is 0.412 e. The van der Waals surface area contributed by atoms with Crippen LogP contribution in [0.3, 0.4) is 0 Å². The summed E-state index contributed by atoms with van der Waals surface area (Å²) in [7, 11) is 0. The van der Waals surface area contributed by atoms with Gasteiger partial charge in [-0.3, -0.25) is 34.4 Å². The second kappa shape index (κ2) is 20.1. The molecule has 0 saturated carbocycles. The molecule has 0 radical (unpaired) electrons. The van der Waals surface area contributed by atoms with Gasteiger partial charge in [-0.2, -0.15) is 5.11 Å². The van der Waals surface area contributed by atoms with Crippen molar-refractivity contribution >= 4 is 47.2 Å². The van der Waals surface area contributed by atoms with Crippen LogP contribution in [0.5, 0.6) is 0 Å². The Kier molecular flexibility index (Phi) is 14.8. The first-order chi connectivity index (χ1) is 27.2. The lowest BCUT2D eigenvalue weighted by Crippen LogP contribution is -2.64. The van der Waals surface area contributed by atoms with E-state index in [4.69, 9.17) is 17.6 Å². The highest BCUT2D eigenvalue weighted by atomic mass is 16.6. The average molecular weight is 778 g/mol. The van der Waals surface area contributed by atoms with Crippen LogP contribution in [0.2, 0.25) is 1.41 Å². The number of rotatable bonds is 19. The number of hydrogen-bond donors (Lipinski definition) is 7. The molecule has 0 unspecified atom stereocenters. The molecule has 0 bridgehead atoms. The van der Waals surface area contributed by atoms with E-state index in [0.29, 0.717) is 12.1 Å². The minimum atomic E-state index is -2.08. The zero-order chi connectivity index (χ0) is 41.6. The standard InChI is InChI=1S/C38H52N10O8/c1-25(2)22-29(31(50)42-23-30(49)37(17-10-20-43-37)33(53)44-28(32(51)52)16-9-19-41-35(39)40)45-34(54)38(47-46-27-14-7-4-8-15-27)18-11-21-48(38)36(55)56-24-26-12-5-3-6-13-26/h3-8,12-15,25,28-29,43H,9-11,16-24H2,1-2H3,(H,42,50)(H,44,53)(H,45,54)(H,51,52)(H4,39,40,41)/t28-,29-,37+,38-/m0/s1/i/hD. The number of carbonyl (C=O) groups excluding carboxylic acids is 5. The molecule has 18 heteroatoms. The van der Waals surface area contributed by atoms with Crippen molar-refractivity contribution in [1.29, 1.82) is 0 Å². The largest absolute Gasteiger partial charge is 0.480 e. The normalized spacial score (nSPS) is 20.8. The molecular weight excluding hydrogens is 724 g/mol. The van der Waals surface area contributed by atoms with Gasteiger partial charge in [-0.25, -0.2) is 9.59 Å². The third-order valence-corrected chi connectivity index (χ3v) is 9.45. The average Bonchev–Trinajstić information content (AvgIpc) is 3.81. The summed E-state index contributed by atoms with van der Waals surface area (Å²) < 4.78 is 14.1. The number of nitrogens with one attached hydrogen (secondary N) is 4. The molecule has 2 aromatic rings. The Labute approximate surface area is 326 Å². The predicted octanol–water partition coefficient (Wildman–Crippen LogP) is 1.86. The molecule has 18 nitrogen and oxygen atoms in total. The first-order valence-corrected chi connectivity index (χ1v) is 18.6. The number of Topliss-reactive ketones (excluding diaryl/α,β-unsaturated/α-hetero) is 1. The van der Waals surface area contributed by atoms with E-state index in [2.05, 4.69) is 31.2 Å². The first kappa shape index (κ1) is 41.3. The number of nitrogens with two attached hydrogens (primary N) is 2. The molecule has 2 aliphatic rings. The van der Waals surface area contributed by atoms with E-state index in [1.165, 1.54) is 4.90 Å². The van der Waals surface area contributed by atoms with Crippen molar-refractivity contribution in [2.24, 2.45) is 32.6 Å². The third-order valence-electron chi connectivity index (χ3n) is 9.45. The fourth-order valence-corrected chi connectivity index (χ4v) is 6.54. The quantitative estimate of drug-likeness (QED) is 0.0356. The van der Waals surface area contributed by atoms with Crippen molar-refractivity contribution in [3.05, 3.63) is 66.2 Å². The van der Waals surface area contributed by atoms with Crippen molar-refractivity contribution < 1.29 is 40.0 Å². The van der Waals surface area contributed by atoms with Gasteiger partial charge >= 0.3 is 12.1 Å². The molecule has 0 aliphatic carbocycles. The van der Waals surface area contributed by atoms with Crippen molar-refractivity contribution in [1.82, 2.24) is 26.2 Å². The number of amides is 4. The minimum Gasteiger partial charge on any atom is -0.480 e. The Morgan fingerprint density at radius 2 is 1.64 bits per heavy atom. The maximum absolute atomic E-state index is 14.4. The van der Waals surface area contributed by atoms with Gasteiger partial charge in [-0.15, -0.1) is 5.11 Å². The van der Waals surface area contributed by atoms with E-state index in [0.717, 1.165) is 10.9 Å². The van der Waals surface area contributed by atoms with Crippen molar-refractivity contribution in [2.45, 2.75) is 88.7 Å². The highest BCUT2D eigenvalue weighted by Crippen LogP contribution is 2.34. The van der Waals surface area contributed by atoms with Gasteiger partial charge in [0.05, 0.1) is 12.2 Å². The van der Waals surface area contributed by atoms with Gasteiger partial charge in [0.15, 0.2) is 17.3 Å². The van der Waals surface area contributed by atoms with Gasteiger partial charge < -0.3 is 37.3 Å². The first-order valence-electron chi connectivity index (χ1n) is 19.1. The summed E-state index contributed by atoms with van der Waals surface area (Å²) in [6.45, 7) is 3.19. The summed E-state index contributed by atoms with van der Waals surface area (Å²) in [5, 5.41) is 27.0. The molecule has 4 atom stereocenters. The highest BCUT2D eigenvalue weighted by molar-refractivity contribution is 6.13. The lowest BCUT2D eigenvalue weighted by atomic mass is 9.90. The molecule has 0 aromatic heterocycles. The lowest BCUT2D eigenvalue weighted by molar-refractivity contribution is -0.145. The molecule has 2 heterocycles. The Balaban J connectivity index is 1.52. The number of likely N-dealkylation sites (tertiary alicyclic amines) is 1. The number of nitrogens with zero attached hydrogens (tertiary/aromatic N) is 4. The van der Waals surface area contributed by atoms with Gasteiger partial charge in [-0.05, 0) is 68.7 Å². The van der Waals surface area contributed by atoms with Gasteiger partial charge in [0.25, 0.3) is 5.91 Å². The van der Waals surface area contributed by atoms with E-state index in [1.54, 1.807) is 54.6 Å². The van der Waals surface area contributed by atoms with Gasteiger partial charge in [0.1, 0.15) is 20.1 Å². The Morgan fingerprint density at radius 3 is 2.27 bits per heavy atom. The molecule has 4 rings (SSSR count). The molecule has 2 fully saturated rings. The van der Waals surface area contributed by atoms with Crippen LogP contribution in [0.1, 0.15) is 64.4 Å². The van der Waals surface area contributed by atoms with E-state index in [9.17, 15) is 33.9 Å². The number of guanidine groups is 1. The van der Waals surface area contributed by atoms with E-state index >= 15 is 0 Å². The number of aliphatic imine (C=N–C) groups is 1. The highest BCUT2D eigenvalue weighted by Gasteiger charge is 2.53. The summed E-state index contributed by atoms with van der Waals surface area (Å²) in [5.41, 5.74) is 7.86. The number of ketones is 1. The van der Waals surface area contributed by atoms with Crippen LogP contribution in [0.15, 0.2) is 75.9 Å². The number of ether oxygens (including phenoxy) is 1. The summed E-state index contributed by atoms with van der Waals surface area (Å²) >= 11 is 0. The number of aliphatic carboxylic acids is 1. The van der Waals surface area contributed by atoms with Crippen LogP contribution in [0, 0.1) is 5.92 Å². The summed E-state index contributed by atoms with van der Waals surface area (Å²) in [6.07, 6.45) is 0.128. The summed E-state index contributed by atoms with van der Waals surface area (Å²) in [6, 6.07) is 15.0. The second-order valence-corrected chi connectivity index (χ2v) is 14.1. The number of hydrogen-bond acceptors (Lipinski definition) is 11. The Hall–Kier alpha value is -5.91. The molecule has 9 N–H and O–H groups in total. The number of carboxylic acids is 1. The maximum atomic E-state index is 14.4. The monoisotopic (exact) mass is 777 g/mol. The predicted molar refractivity (Wildman–Crippen MR) is 205 cm³/mol. The molecule has 302 valence electrons. The molecule has 56 heavy (non-hydrogen) atoms. The molecule has 2 saturated heterocycles. The molecule has 4 amide bonds. The minimum absolute atomic E-state index is 0.0469. The molecule has 2 aromatic carbocycles. The van der Waals surface area contributed by atoms with Crippen molar-refractivity contribution in [2.75, 3.05) is 26.2 Å². The van der Waals surface area contributed by atoms with Gasteiger partial charge in [0.2, 0.25) is 17.5 Å². The van der Waals surface area contributed by atoms with Crippen molar-refractivity contribution in [3.8, 4) is 0 Å². The van der Waals surface area contributed by atoms with Crippen molar-refractivity contribution in [3.63, 3.8) is 0 Å². The fraction of sp³-hybridized carbons (Fsp3) is 0.500. The number of carbonyl (C=O) groups is 6. The van der Waals surface area contributed by atoms with Crippen LogP contribution in [-0.2, 0) is 35.3 Å². The van der Waals surface area contributed by atoms with Crippen LogP contribution >= 0.6 is 0 Å². The summed E-state index contributed by atoms with van der Waals surface area (Å²) in [4.78, 5) is 86.3. The van der Waals surface area contributed by atoms with Crippen LogP contribution in [0.4, 0.5) is 10.5 Å². The topological polar surface area (TPSA) is 272 Å². The van der Waals surface area contributed by atoms with Crippen LogP contribution in [0.25, 0.3) is 0 Å². The fourth-order valence-electron chi connectivity index (χ4n) is 6.54. The van der Waals surface area contributed by atoms with Crippen LogP contribution < -0.4 is 32.7 Å². The summed E-state index contributed by atoms with van der Waals surface area (Å²) in [5.74, 6) is -5.02. The Morgan fingerprint density at radius 1 is 0.964 bits per heavy atom. The van der Waals surface area contributed by atoms with E-state index < -0.39 is 65.4 Å². The maximum Gasteiger partial charge on any atom is 0.412 e. The van der Waals surface area contributed by atoms with Gasteiger partial charge in [0, 0.05) is 19.5 Å². The third kappa shape index (κ3) is 11.3. The molecule has 0 spiro atoms. The van der Waals surface area contributed by atoms with E-state index in [1.807, 2.05) is 19.9 Å². The Bertz CT molecular complexity index is 1800. The van der Waals surface area contributed by atoms with Gasteiger partial charge in [-0.1, -0.05) is 62.4 Å². The van der Waals surface area contributed by atoms with Crippen LogP contribution in [-0.4, -0.2) is 101 Å². The molecule has 2 aliphatic heterocycles. The number of azo groups is 1.